The molecule has 2 rings (SSSR count). The van der Waals surface area contributed by atoms with Crippen molar-refractivity contribution in [1.29, 1.82) is 0 Å². The van der Waals surface area contributed by atoms with E-state index < -0.39 is 5.82 Å². The van der Waals surface area contributed by atoms with Gasteiger partial charge in [0.05, 0.1) is 0 Å². The summed E-state index contributed by atoms with van der Waals surface area (Å²) in [6.07, 6.45) is 1.64. The molecule has 0 radical (unpaired) electrons. The molecule has 0 spiro atoms. The molecule has 0 unspecified atom stereocenters. The van der Waals surface area contributed by atoms with Crippen LogP contribution in [-0.4, -0.2) is 12.0 Å². The van der Waals surface area contributed by atoms with Gasteiger partial charge in [0.1, 0.15) is 0 Å². The van der Waals surface area contributed by atoms with Gasteiger partial charge in [-0.2, -0.15) is 0 Å². The summed E-state index contributed by atoms with van der Waals surface area (Å²) in [4.78, 5) is 4.06. The number of pyridine rings is 1. The summed E-state index contributed by atoms with van der Waals surface area (Å²) in [6, 6.07) is 8.18. The fourth-order valence-electron chi connectivity index (χ4n) is 1.49. The van der Waals surface area contributed by atoms with Crippen molar-refractivity contribution in [1.82, 2.24) is 10.3 Å². The Morgan fingerprint density at radius 1 is 1.33 bits per heavy atom. The van der Waals surface area contributed by atoms with Crippen molar-refractivity contribution in [2.75, 3.05) is 7.05 Å². The lowest BCUT2D eigenvalue weighted by molar-refractivity contribution is 0.426. The number of nitrogens with one attached hydrogen (secondary N) is 1. The minimum atomic E-state index is -0.418. The second-order valence-electron chi connectivity index (χ2n) is 3.71. The van der Waals surface area contributed by atoms with Crippen LogP contribution >= 0.6 is 15.9 Å². The van der Waals surface area contributed by atoms with Gasteiger partial charge in [0.15, 0.2) is 11.6 Å². The average molecular weight is 311 g/mol. The first-order chi connectivity index (χ1) is 8.69. The Balaban J connectivity index is 2.22. The molecule has 0 atom stereocenters. The van der Waals surface area contributed by atoms with Gasteiger partial charge in [-0.1, -0.05) is 15.9 Å². The van der Waals surface area contributed by atoms with Gasteiger partial charge in [0.2, 0.25) is 5.88 Å². The first kappa shape index (κ1) is 13.0. The zero-order valence-corrected chi connectivity index (χ0v) is 11.4. The van der Waals surface area contributed by atoms with Crippen molar-refractivity contribution < 1.29 is 9.13 Å². The maximum absolute atomic E-state index is 13.5. The number of rotatable bonds is 4. The molecule has 3 nitrogen and oxygen atoms in total. The third kappa shape index (κ3) is 3.27. The molecule has 18 heavy (non-hydrogen) atoms. The SMILES string of the molecule is CNCc1ccnc(Oc2cc(Br)ccc2F)c1. The van der Waals surface area contributed by atoms with Gasteiger partial charge in [-0.25, -0.2) is 9.37 Å². The fraction of sp³-hybridized carbons (Fsp3) is 0.154. The highest BCUT2D eigenvalue weighted by Gasteiger charge is 2.06. The smallest absolute Gasteiger partial charge is 0.219 e. The highest BCUT2D eigenvalue weighted by molar-refractivity contribution is 9.10. The summed E-state index contributed by atoms with van der Waals surface area (Å²) in [5, 5.41) is 3.03. The predicted molar refractivity (Wildman–Crippen MR) is 71.2 cm³/mol. The molecule has 94 valence electrons. The van der Waals surface area contributed by atoms with Gasteiger partial charge in [0, 0.05) is 23.3 Å². The van der Waals surface area contributed by atoms with E-state index in [0.29, 0.717) is 12.4 Å². The van der Waals surface area contributed by atoms with Gasteiger partial charge in [-0.15, -0.1) is 0 Å². The Kier molecular flexibility index (Phi) is 4.28. The van der Waals surface area contributed by atoms with Crippen molar-refractivity contribution in [2.45, 2.75) is 6.54 Å². The molecule has 0 amide bonds. The topological polar surface area (TPSA) is 34.2 Å². The van der Waals surface area contributed by atoms with Crippen molar-refractivity contribution in [3.8, 4) is 11.6 Å². The molecule has 2 aromatic rings. The summed E-state index contributed by atoms with van der Waals surface area (Å²) in [5.41, 5.74) is 1.03. The molecule has 1 aromatic carbocycles. The zero-order valence-electron chi connectivity index (χ0n) is 9.78. The second-order valence-corrected chi connectivity index (χ2v) is 4.63. The van der Waals surface area contributed by atoms with E-state index >= 15 is 0 Å². The van der Waals surface area contributed by atoms with Crippen molar-refractivity contribution in [2.24, 2.45) is 0 Å². The van der Waals surface area contributed by atoms with Gasteiger partial charge < -0.3 is 10.1 Å². The van der Waals surface area contributed by atoms with E-state index in [2.05, 4.69) is 26.2 Å². The maximum atomic E-state index is 13.5. The fourth-order valence-corrected chi connectivity index (χ4v) is 1.83. The lowest BCUT2D eigenvalue weighted by atomic mass is 10.2. The Morgan fingerprint density at radius 2 is 2.17 bits per heavy atom. The first-order valence-corrected chi connectivity index (χ1v) is 6.21. The second kappa shape index (κ2) is 5.93. The molecule has 0 aliphatic heterocycles. The molecule has 1 N–H and O–H groups in total. The number of nitrogens with zero attached hydrogens (tertiary/aromatic N) is 1. The van der Waals surface area contributed by atoms with Crippen LogP contribution in [0.1, 0.15) is 5.56 Å². The Morgan fingerprint density at radius 3 is 2.94 bits per heavy atom. The Labute approximate surface area is 113 Å². The van der Waals surface area contributed by atoms with Crippen LogP contribution in [0.15, 0.2) is 41.0 Å². The summed E-state index contributed by atoms with van der Waals surface area (Å²) in [6.45, 7) is 0.708. The van der Waals surface area contributed by atoms with Crippen LogP contribution in [0, 0.1) is 5.82 Å². The van der Waals surface area contributed by atoms with Gasteiger partial charge in [-0.05, 0) is 36.9 Å². The maximum Gasteiger partial charge on any atom is 0.219 e. The van der Waals surface area contributed by atoms with Crippen LogP contribution < -0.4 is 10.1 Å². The van der Waals surface area contributed by atoms with E-state index in [1.165, 1.54) is 6.07 Å². The number of ether oxygens (including phenoxy) is 1. The third-order valence-electron chi connectivity index (χ3n) is 2.29. The molecule has 0 aliphatic rings. The van der Waals surface area contributed by atoms with E-state index in [9.17, 15) is 4.39 Å². The molecule has 0 saturated heterocycles. The Hall–Kier alpha value is -1.46. The van der Waals surface area contributed by atoms with Crippen LogP contribution in [-0.2, 0) is 6.54 Å². The molecular weight excluding hydrogens is 299 g/mol. The van der Waals surface area contributed by atoms with E-state index in [0.717, 1.165) is 10.0 Å². The van der Waals surface area contributed by atoms with E-state index in [4.69, 9.17) is 4.74 Å². The van der Waals surface area contributed by atoms with E-state index in [1.54, 1.807) is 24.4 Å². The minimum Gasteiger partial charge on any atom is -0.436 e. The van der Waals surface area contributed by atoms with Gasteiger partial charge in [0.25, 0.3) is 0 Å². The quantitative estimate of drug-likeness (QED) is 0.938. The number of hydrogen-bond acceptors (Lipinski definition) is 3. The molecule has 5 heteroatoms. The van der Waals surface area contributed by atoms with Crippen molar-refractivity contribution >= 4 is 15.9 Å². The number of benzene rings is 1. The molecular formula is C13H12BrFN2O. The summed E-state index contributed by atoms with van der Waals surface area (Å²) in [5.74, 6) is 0.109. The van der Waals surface area contributed by atoms with Gasteiger partial charge in [-0.3, -0.25) is 0 Å². The van der Waals surface area contributed by atoms with Crippen LogP contribution in [0.2, 0.25) is 0 Å². The van der Waals surface area contributed by atoms with Crippen LogP contribution in [0.25, 0.3) is 0 Å². The normalized spacial score (nSPS) is 10.4. The predicted octanol–water partition coefficient (Wildman–Crippen LogP) is 3.49. The molecule has 1 aromatic heterocycles. The monoisotopic (exact) mass is 310 g/mol. The molecule has 0 fully saturated rings. The molecule has 0 bridgehead atoms. The zero-order chi connectivity index (χ0) is 13.0. The van der Waals surface area contributed by atoms with Crippen LogP contribution in [0.5, 0.6) is 11.6 Å². The van der Waals surface area contributed by atoms with E-state index in [-0.39, 0.29) is 5.75 Å². The van der Waals surface area contributed by atoms with Crippen molar-refractivity contribution in [3.05, 3.63) is 52.4 Å². The highest BCUT2D eigenvalue weighted by atomic mass is 79.9. The molecule has 0 aliphatic carbocycles. The third-order valence-corrected chi connectivity index (χ3v) is 2.78. The molecule has 0 saturated carbocycles. The Bertz CT molecular complexity index is 548. The highest BCUT2D eigenvalue weighted by Crippen LogP contribution is 2.26. The average Bonchev–Trinajstić information content (AvgIpc) is 2.35. The number of hydrogen-bond donors (Lipinski definition) is 1. The standard InChI is InChI=1S/C13H12BrFN2O/c1-16-8-9-4-5-17-13(6-9)18-12-7-10(14)2-3-11(12)15/h2-7,16H,8H2,1H3. The summed E-state index contributed by atoms with van der Waals surface area (Å²) >= 11 is 3.27. The lowest BCUT2D eigenvalue weighted by Gasteiger charge is -2.07. The van der Waals surface area contributed by atoms with E-state index in [1.807, 2.05) is 13.1 Å². The number of halogens is 2. The first-order valence-electron chi connectivity index (χ1n) is 5.41. The van der Waals surface area contributed by atoms with Crippen LogP contribution in [0.3, 0.4) is 0 Å². The van der Waals surface area contributed by atoms with Crippen molar-refractivity contribution in [3.63, 3.8) is 0 Å². The summed E-state index contributed by atoms with van der Waals surface area (Å²) in [7, 11) is 1.86. The largest absolute Gasteiger partial charge is 0.436 e. The van der Waals surface area contributed by atoms with Gasteiger partial charge >= 0.3 is 0 Å². The number of aromatic nitrogens is 1. The molecule has 1 heterocycles. The lowest BCUT2D eigenvalue weighted by Crippen LogP contribution is -2.05. The summed E-state index contributed by atoms with van der Waals surface area (Å²) < 4.78 is 19.7. The minimum absolute atomic E-state index is 0.151. The van der Waals surface area contributed by atoms with Crippen LogP contribution in [0.4, 0.5) is 4.39 Å².